The Morgan fingerprint density at radius 2 is 1.94 bits per heavy atom. The van der Waals surface area contributed by atoms with Crippen molar-refractivity contribution in [3.05, 3.63) is 19.2 Å². The number of halogens is 2. The highest BCUT2D eigenvalue weighted by atomic mass is 79.9. The Hall–Kier alpha value is -0.200. The second-order valence-electron chi connectivity index (χ2n) is 4.15. The molecule has 1 aromatic heterocycles. The van der Waals surface area contributed by atoms with Gasteiger partial charge in [-0.2, -0.15) is 0 Å². The number of carboxylic acid groups (broad SMARTS) is 1. The summed E-state index contributed by atoms with van der Waals surface area (Å²) < 4.78 is 1.72. The molecule has 6 heteroatoms. The Morgan fingerprint density at radius 1 is 1.29 bits per heavy atom. The summed E-state index contributed by atoms with van der Waals surface area (Å²) in [6, 6.07) is 1.80. The number of ketones is 1. The van der Waals surface area contributed by atoms with Crippen LogP contribution >= 0.6 is 43.2 Å². The molecule has 1 aliphatic rings. The van der Waals surface area contributed by atoms with Gasteiger partial charge in [0.25, 0.3) is 0 Å². The van der Waals surface area contributed by atoms with E-state index in [0.29, 0.717) is 24.8 Å². The SMILES string of the molecule is O=C(O)C1CCC(C(=O)c2cc(Br)sc2Br)C1. The number of carboxylic acids is 1. The number of thiophene rings is 1. The quantitative estimate of drug-likeness (QED) is 0.806. The fourth-order valence-electron chi connectivity index (χ4n) is 2.17. The summed E-state index contributed by atoms with van der Waals surface area (Å²) in [5.41, 5.74) is 0.665. The van der Waals surface area contributed by atoms with E-state index < -0.39 is 5.97 Å². The Kier molecular flexibility index (Phi) is 4.05. The predicted octanol–water partition coefficient (Wildman–Crippen LogP) is 3.96. The summed E-state index contributed by atoms with van der Waals surface area (Å²) in [5.74, 6) is -1.23. The van der Waals surface area contributed by atoms with Crippen LogP contribution in [0.3, 0.4) is 0 Å². The van der Waals surface area contributed by atoms with Crippen LogP contribution in [0.25, 0.3) is 0 Å². The maximum atomic E-state index is 12.2. The van der Waals surface area contributed by atoms with Crippen LogP contribution in [0.4, 0.5) is 0 Å². The minimum atomic E-state index is -0.786. The highest BCUT2D eigenvalue weighted by Crippen LogP contribution is 2.38. The van der Waals surface area contributed by atoms with E-state index in [1.54, 1.807) is 6.07 Å². The van der Waals surface area contributed by atoms with Crippen molar-refractivity contribution in [1.29, 1.82) is 0 Å². The van der Waals surface area contributed by atoms with Crippen LogP contribution in [0.2, 0.25) is 0 Å². The van der Waals surface area contributed by atoms with Gasteiger partial charge in [-0.3, -0.25) is 9.59 Å². The standard InChI is InChI=1S/C11H10Br2O3S/c12-8-4-7(10(13)17-8)9(14)5-1-2-6(3-5)11(15)16/h4-6H,1-3H2,(H,15,16). The smallest absolute Gasteiger partial charge is 0.306 e. The van der Waals surface area contributed by atoms with Crippen LogP contribution in [0, 0.1) is 11.8 Å². The first-order valence-corrected chi connectivity index (χ1v) is 7.61. The number of rotatable bonds is 3. The van der Waals surface area contributed by atoms with E-state index in [-0.39, 0.29) is 17.6 Å². The molecular formula is C11H10Br2O3S. The van der Waals surface area contributed by atoms with Gasteiger partial charge in [-0.05, 0) is 57.2 Å². The zero-order valence-electron chi connectivity index (χ0n) is 8.78. The minimum absolute atomic E-state index is 0.0579. The van der Waals surface area contributed by atoms with E-state index in [2.05, 4.69) is 31.9 Å². The average Bonchev–Trinajstić information content (AvgIpc) is 2.84. The fraction of sp³-hybridized carbons (Fsp3) is 0.455. The van der Waals surface area contributed by atoms with Crippen molar-refractivity contribution in [2.75, 3.05) is 0 Å². The van der Waals surface area contributed by atoms with Gasteiger partial charge in [0.1, 0.15) is 0 Å². The molecular weight excluding hydrogens is 372 g/mol. The molecule has 1 saturated carbocycles. The number of hydrogen-bond donors (Lipinski definition) is 1. The molecule has 2 atom stereocenters. The molecule has 0 radical (unpaired) electrons. The first kappa shape index (κ1) is 13.2. The number of aliphatic carboxylic acids is 1. The van der Waals surface area contributed by atoms with Gasteiger partial charge in [0.2, 0.25) is 0 Å². The van der Waals surface area contributed by atoms with Crippen LogP contribution < -0.4 is 0 Å². The third-order valence-corrected chi connectivity index (χ3v) is 5.41. The Labute approximate surface area is 119 Å². The van der Waals surface area contributed by atoms with E-state index in [1.165, 1.54) is 11.3 Å². The molecule has 0 amide bonds. The normalized spacial score (nSPS) is 23.9. The number of carbonyl (C=O) groups is 2. The van der Waals surface area contributed by atoms with Crippen LogP contribution in [-0.4, -0.2) is 16.9 Å². The topological polar surface area (TPSA) is 54.4 Å². The Morgan fingerprint density at radius 3 is 2.41 bits per heavy atom. The maximum Gasteiger partial charge on any atom is 0.306 e. The van der Waals surface area contributed by atoms with Gasteiger partial charge in [0.15, 0.2) is 5.78 Å². The molecule has 2 rings (SSSR count). The van der Waals surface area contributed by atoms with Gasteiger partial charge >= 0.3 is 5.97 Å². The number of carbonyl (C=O) groups excluding carboxylic acids is 1. The molecule has 1 aliphatic carbocycles. The second-order valence-corrected chi connectivity index (χ2v) is 7.90. The first-order valence-electron chi connectivity index (χ1n) is 5.21. The van der Waals surface area contributed by atoms with Crippen LogP contribution in [-0.2, 0) is 4.79 Å². The van der Waals surface area contributed by atoms with Gasteiger partial charge in [-0.15, -0.1) is 11.3 Å². The molecule has 1 heterocycles. The molecule has 2 unspecified atom stereocenters. The summed E-state index contributed by atoms with van der Waals surface area (Å²) in [6.45, 7) is 0. The first-order chi connectivity index (χ1) is 7.99. The third-order valence-electron chi connectivity index (χ3n) is 3.07. The summed E-state index contributed by atoms with van der Waals surface area (Å²) in [7, 11) is 0. The van der Waals surface area contributed by atoms with Crippen molar-refractivity contribution < 1.29 is 14.7 Å². The second kappa shape index (κ2) is 5.20. The van der Waals surface area contributed by atoms with Crippen molar-refractivity contribution in [2.45, 2.75) is 19.3 Å². The van der Waals surface area contributed by atoms with E-state index in [1.807, 2.05) is 0 Å². The van der Waals surface area contributed by atoms with Crippen LogP contribution in [0.1, 0.15) is 29.6 Å². The minimum Gasteiger partial charge on any atom is -0.481 e. The molecule has 0 spiro atoms. The summed E-state index contributed by atoms with van der Waals surface area (Å²) in [5, 5.41) is 8.92. The third kappa shape index (κ3) is 2.80. The zero-order valence-corrected chi connectivity index (χ0v) is 12.8. The van der Waals surface area contributed by atoms with Gasteiger partial charge < -0.3 is 5.11 Å². The van der Waals surface area contributed by atoms with E-state index >= 15 is 0 Å². The maximum absolute atomic E-state index is 12.2. The Bertz CT molecular complexity index is 469. The molecule has 1 aromatic rings. The monoisotopic (exact) mass is 380 g/mol. The summed E-state index contributed by atoms with van der Waals surface area (Å²) >= 11 is 8.16. The summed E-state index contributed by atoms with van der Waals surface area (Å²) in [6.07, 6.45) is 1.75. The van der Waals surface area contributed by atoms with Crippen molar-refractivity contribution in [1.82, 2.24) is 0 Å². The molecule has 0 bridgehead atoms. The molecule has 17 heavy (non-hydrogen) atoms. The summed E-state index contributed by atoms with van der Waals surface area (Å²) in [4.78, 5) is 23.1. The largest absolute Gasteiger partial charge is 0.481 e. The van der Waals surface area contributed by atoms with Crippen LogP contribution in [0.5, 0.6) is 0 Å². The highest BCUT2D eigenvalue weighted by molar-refractivity contribution is 9.12. The van der Waals surface area contributed by atoms with Gasteiger partial charge in [0.05, 0.1) is 13.5 Å². The van der Waals surface area contributed by atoms with Crippen LogP contribution in [0.15, 0.2) is 13.6 Å². The van der Waals surface area contributed by atoms with Gasteiger partial charge in [0, 0.05) is 11.5 Å². The van der Waals surface area contributed by atoms with Crippen molar-refractivity contribution in [2.24, 2.45) is 11.8 Å². The predicted molar refractivity (Wildman–Crippen MR) is 72.5 cm³/mol. The number of Topliss-reactive ketones (excluding diaryl/α,β-unsaturated/α-hetero) is 1. The van der Waals surface area contributed by atoms with Crippen molar-refractivity contribution in [3.63, 3.8) is 0 Å². The lowest BCUT2D eigenvalue weighted by Crippen LogP contribution is -2.14. The van der Waals surface area contributed by atoms with E-state index in [0.717, 1.165) is 7.57 Å². The molecule has 1 fully saturated rings. The van der Waals surface area contributed by atoms with E-state index in [4.69, 9.17) is 5.11 Å². The Balaban J connectivity index is 2.12. The van der Waals surface area contributed by atoms with Gasteiger partial charge in [-0.25, -0.2) is 0 Å². The molecule has 0 aliphatic heterocycles. The lowest BCUT2D eigenvalue weighted by atomic mass is 9.97. The lowest BCUT2D eigenvalue weighted by Gasteiger charge is -2.07. The fourth-order valence-corrected chi connectivity index (χ4v) is 4.99. The van der Waals surface area contributed by atoms with E-state index in [9.17, 15) is 9.59 Å². The lowest BCUT2D eigenvalue weighted by molar-refractivity contribution is -0.141. The molecule has 1 N–H and O–H groups in total. The number of hydrogen-bond acceptors (Lipinski definition) is 3. The zero-order chi connectivity index (χ0) is 12.6. The molecule has 0 aromatic carbocycles. The molecule has 0 saturated heterocycles. The highest BCUT2D eigenvalue weighted by Gasteiger charge is 2.35. The molecule has 3 nitrogen and oxygen atoms in total. The average molecular weight is 382 g/mol. The molecule has 92 valence electrons. The van der Waals surface area contributed by atoms with Gasteiger partial charge in [-0.1, -0.05) is 0 Å². The van der Waals surface area contributed by atoms with Crippen molar-refractivity contribution in [3.8, 4) is 0 Å². The van der Waals surface area contributed by atoms with Crippen molar-refractivity contribution >= 4 is 54.9 Å².